The molecule has 1 aliphatic carbocycles. The predicted molar refractivity (Wildman–Crippen MR) is 98.4 cm³/mol. The number of halogens is 1. The maximum Gasteiger partial charge on any atom is 0.407 e. The van der Waals surface area contributed by atoms with Gasteiger partial charge < -0.3 is 20.4 Å². The smallest absolute Gasteiger partial charge is 0.407 e. The highest BCUT2D eigenvalue weighted by atomic mass is 35.5. The van der Waals surface area contributed by atoms with E-state index in [1.165, 1.54) is 16.0 Å². The molecule has 2 aliphatic rings. The number of β-amino-alcohol motifs (C(OH)–C–C–N with tert-alkyl or cyclic N) is 1. The fourth-order valence-electron chi connectivity index (χ4n) is 3.98. The van der Waals surface area contributed by atoms with Crippen LogP contribution >= 0.6 is 12.4 Å². The molecule has 25 heavy (non-hydrogen) atoms. The molecule has 3 N–H and O–H groups in total. The third-order valence-electron chi connectivity index (χ3n) is 5.14. The average Bonchev–Trinajstić information content (AvgIpc) is 3.14. The molecule has 1 heterocycles. The minimum Gasteiger partial charge on any atom is -0.465 e. The normalized spacial score (nSPS) is 21.3. The Hall–Kier alpha value is -2.08. The van der Waals surface area contributed by atoms with E-state index in [2.05, 4.69) is 29.6 Å². The number of nitrogens with one attached hydrogen (secondary N) is 1. The summed E-state index contributed by atoms with van der Waals surface area (Å²) in [6.45, 7) is 1.28. The van der Waals surface area contributed by atoms with Crippen LogP contribution in [0.4, 0.5) is 4.79 Å². The molecule has 6 heteroatoms. The monoisotopic (exact) mass is 360 g/mol. The van der Waals surface area contributed by atoms with Crippen LogP contribution in [0.25, 0.3) is 11.1 Å². The Balaban J connectivity index is 0.00000182. The van der Waals surface area contributed by atoms with Crippen LogP contribution in [0.2, 0.25) is 0 Å². The number of hydrogen-bond donors (Lipinski definition) is 3. The second kappa shape index (κ2) is 7.04. The first kappa shape index (κ1) is 17.7. The standard InChI is InChI=1S/C19H20N2O3.ClH/c22-18-10-20-9-17(18)21(19(23)24)11-16-14-7-3-1-5-12(14)13-6-2-4-8-15(13)16;/h1-8,16-18,20,22H,9-11H2,(H,23,24);1H/t17-,18+;/m1./s1. The lowest BCUT2D eigenvalue weighted by Crippen LogP contribution is -2.48. The van der Waals surface area contributed by atoms with Gasteiger partial charge in [0.2, 0.25) is 0 Å². The number of benzene rings is 2. The summed E-state index contributed by atoms with van der Waals surface area (Å²) in [5, 5.41) is 22.9. The molecule has 0 bridgehead atoms. The van der Waals surface area contributed by atoms with Gasteiger partial charge in [0.1, 0.15) is 0 Å². The Morgan fingerprint density at radius 3 is 2.08 bits per heavy atom. The van der Waals surface area contributed by atoms with Gasteiger partial charge in [-0.3, -0.25) is 0 Å². The lowest BCUT2D eigenvalue weighted by molar-refractivity contribution is 0.0728. The van der Waals surface area contributed by atoms with Crippen molar-refractivity contribution in [2.75, 3.05) is 19.6 Å². The molecule has 0 spiro atoms. The highest BCUT2D eigenvalue weighted by Crippen LogP contribution is 2.45. The maximum atomic E-state index is 11.8. The van der Waals surface area contributed by atoms with Crippen molar-refractivity contribution >= 4 is 18.5 Å². The molecule has 0 radical (unpaired) electrons. The van der Waals surface area contributed by atoms with Gasteiger partial charge in [-0.05, 0) is 22.3 Å². The molecule has 1 amide bonds. The van der Waals surface area contributed by atoms with Gasteiger partial charge >= 0.3 is 6.09 Å². The molecular weight excluding hydrogens is 340 g/mol. The van der Waals surface area contributed by atoms with E-state index in [1.807, 2.05) is 24.3 Å². The Morgan fingerprint density at radius 2 is 1.60 bits per heavy atom. The summed E-state index contributed by atoms with van der Waals surface area (Å²) < 4.78 is 0. The second-order valence-electron chi connectivity index (χ2n) is 6.45. The van der Waals surface area contributed by atoms with Crippen LogP contribution in [-0.2, 0) is 0 Å². The van der Waals surface area contributed by atoms with E-state index in [1.54, 1.807) is 0 Å². The number of nitrogens with zero attached hydrogens (tertiary/aromatic N) is 1. The van der Waals surface area contributed by atoms with E-state index in [0.29, 0.717) is 19.6 Å². The maximum absolute atomic E-state index is 11.8. The van der Waals surface area contributed by atoms with Crippen molar-refractivity contribution in [1.29, 1.82) is 0 Å². The van der Waals surface area contributed by atoms with E-state index < -0.39 is 18.2 Å². The van der Waals surface area contributed by atoms with E-state index in [-0.39, 0.29) is 18.3 Å². The molecule has 2 atom stereocenters. The minimum absolute atomic E-state index is 0. The average molecular weight is 361 g/mol. The van der Waals surface area contributed by atoms with Crippen molar-refractivity contribution in [3.63, 3.8) is 0 Å². The molecule has 132 valence electrons. The molecule has 5 nitrogen and oxygen atoms in total. The number of amides is 1. The summed E-state index contributed by atoms with van der Waals surface area (Å²) >= 11 is 0. The van der Waals surface area contributed by atoms with Crippen molar-refractivity contribution in [3.8, 4) is 11.1 Å². The first-order valence-corrected chi connectivity index (χ1v) is 8.23. The van der Waals surface area contributed by atoms with Gasteiger partial charge in [-0.25, -0.2) is 4.79 Å². The Kier molecular flexibility index (Phi) is 4.99. The predicted octanol–water partition coefficient (Wildman–Crippen LogP) is 2.53. The van der Waals surface area contributed by atoms with Gasteiger partial charge in [0.15, 0.2) is 0 Å². The molecule has 2 aromatic rings. The summed E-state index contributed by atoms with van der Waals surface area (Å²) in [4.78, 5) is 13.2. The largest absolute Gasteiger partial charge is 0.465 e. The summed E-state index contributed by atoms with van der Waals surface area (Å²) in [7, 11) is 0. The highest BCUT2D eigenvalue weighted by molar-refractivity contribution is 5.85. The zero-order valence-electron chi connectivity index (χ0n) is 13.6. The van der Waals surface area contributed by atoms with Gasteiger partial charge in [0.25, 0.3) is 0 Å². The molecule has 1 fully saturated rings. The Bertz CT molecular complexity index is 737. The summed E-state index contributed by atoms with van der Waals surface area (Å²) in [5.41, 5.74) is 4.66. The molecular formula is C19H21ClN2O3. The number of aliphatic hydroxyl groups is 1. The van der Waals surface area contributed by atoms with Gasteiger partial charge in [-0.2, -0.15) is 0 Å². The van der Waals surface area contributed by atoms with E-state index in [4.69, 9.17) is 0 Å². The zero-order valence-corrected chi connectivity index (χ0v) is 14.4. The number of aliphatic hydroxyl groups excluding tert-OH is 1. The van der Waals surface area contributed by atoms with Gasteiger partial charge in [-0.15, -0.1) is 12.4 Å². The Morgan fingerprint density at radius 1 is 1.04 bits per heavy atom. The number of fused-ring (bicyclic) bond motifs is 3. The molecule has 0 aromatic heterocycles. The van der Waals surface area contributed by atoms with E-state index in [9.17, 15) is 15.0 Å². The van der Waals surface area contributed by atoms with Crippen LogP contribution < -0.4 is 5.32 Å². The molecule has 0 saturated carbocycles. The van der Waals surface area contributed by atoms with Gasteiger partial charge in [-0.1, -0.05) is 48.5 Å². The molecule has 0 unspecified atom stereocenters. The fourth-order valence-corrected chi connectivity index (χ4v) is 3.98. The van der Waals surface area contributed by atoms with Crippen LogP contribution in [0.3, 0.4) is 0 Å². The highest BCUT2D eigenvalue weighted by Gasteiger charge is 2.37. The molecule has 1 saturated heterocycles. The molecule has 1 aliphatic heterocycles. The van der Waals surface area contributed by atoms with Crippen molar-refractivity contribution in [2.45, 2.75) is 18.1 Å². The lowest BCUT2D eigenvalue weighted by atomic mass is 9.95. The lowest BCUT2D eigenvalue weighted by Gasteiger charge is -2.30. The quantitative estimate of drug-likeness (QED) is 0.786. The summed E-state index contributed by atoms with van der Waals surface area (Å²) in [6.07, 6.45) is -1.64. The van der Waals surface area contributed by atoms with Crippen LogP contribution in [0.1, 0.15) is 17.0 Å². The summed E-state index contributed by atoms with van der Waals surface area (Å²) in [5.74, 6) is 0.00120. The van der Waals surface area contributed by atoms with Gasteiger partial charge in [0, 0.05) is 25.6 Å². The number of carbonyl (C=O) groups is 1. The second-order valence-corrected chi connectivity index (χ2v) is 6.45. The topological polar surface area (TPSA) is 72.8 Å². The minimum atomic E-state index is -0.982. The third kappa shape index (κ3) is 2.99. The first-order valence-electron chi connectivity index (χ1n) is 8.23. The van der Waals surface area contributed by atoms with E-state index in [0.717, 1.165) is 11.1 Å². The first-order chi connectivity index (χ1) is 11.7. The van der Waals surface area contributed by atoms with Crippen LogP contribution in [0.5, 0.6) is 0 Å². The summed E-state index contributed by atoms with van der Waals surface area (Å²) in [6, 6.07) is 15.9. The van der Waals surface area contributed by atoms with Crippen molar-refractivity contribution in [3.05, 3.63) is 59.7 Å². The van der Waals surface area contributed by atoms with Gasteiger partial charge in [0.05, 0.1) is 12.1 Å². The number of rotatable bonds is 3. The molecule has 4 rings (SSSR count). The Labute approximate surface area is 152 Å². The number of hydrogen-bond acceptors (Lipinski definition) is 3. The zero-order chi connectivity index (χ0) is 16.7. The SMILES string of the molecule is Cl.O=C(O)N(CC1c2ccccc2-c2ccccc21)[C@@H]1CNC[C@@H]1O. The van der Waals surface area contributed by atoms with Crippen LogP contribution in [-0.4, -0.2) is 53.0 Å². The number of carboxylic acid groups (broad SMARTS) is 1. The van der Waals surface area contributed by atoms with Crippen LogP contribution in [0, 0.1) is 0 Å². The van der Waals surface area contributed by atoms with Crippen molar-refractivity contribution < 1.29 is 15.0 Å². The van der Waals surface area contributed by atoms with E-state index >= 15 is 0 Å². The van der Waals surface area contributed by atoms with Crippen molar-refractivity contribution in [2.24, 2.45) is 0 Å². The van der Waals surface area contributed by atoms with Crippen LogP contribution in [0.15, 0.2) is 48.5 Å². The third-order valence-corrected chi connectivity index (χ3v) is 5.14. The van der Waals surface area contributed by atoms with Crippen molar-refractivity contribution in [1.82, 2.24) is 10.2 Å². The molecule has 2 aromatic carbocycles. The fraction of sp³-hybridized carbons (Fsp3) is 0.316.